The maximum absolute atomic E-state index is 12.8. The summed E-state index contributed by atoms with van der Waals surface area (Å²) in [4.78, 5) is 49.2. The molecule has 11 heteroatoms. The number of ether oxygens (including phenoxy) is 1. The molecule has 0 aromatic heterocycles. The van der Waals surface area contributed by atoms with Crippen LogP contribution in [-0.4, -0.2) is 70.0 Å². The predicted molar refractivity (Wildman–Crippen MR) is 96.0 cm³/mol. The second-order valence-electron chi connectivity index (χ2n) is 6.09. The topological polar surface area (TPSA) is 130 Å². The van der Waals surface area contributed by atoms with Crippen LogP contribution in [0, 0.1) is 10.1 Å². The van der Waals surface area contributed by atoms with E-state index in [1.165, 1.54) is 23.1 Å². The van der Waals surface area contributed by atoms with E-state index in [1.807, 2.05) is 0 Å². The summed E-state index contributed by atoms with van der Waals surface area (Å²) in [7, 11) is 0. The number of carboxylic acid groups (broad SMARTS) is 1. The Morgan fingerprint density at radius 2 is 2.19 bits per heavy atom. The van der Waals surface area contributed by atoms with Crippen molar-refractivity contribution in [2.75, 3.05) is 36.1 Å². The first-order chi connectivity index (χ1) is 12.9. The molecule has 0 saturated carbocycles. The third-order valence-corrected chi connectivity index (χ3v) is 5.44. The van der Waals surface area contributed by atoms with E-state index in [0.717, 1.165) is 4.90 Å². The number of hydrogen-bond acceptors (Lipinski definition) is 7. The summed E-state index contributed by atoms with van der Waals surface area (Å²) in [5, 5.41) is 20.1. The molecular formula is C16H17N3O7S. The van der Waals surface area contributed by atoms with Crippen molar-refractivity contribution >= 4 is 40.9 Å². The molecule has 0 radical (unpaired) electrons. The van der Waals surface area contributed by atoms with Gasteiger partial charge in [-0.3, -0.25) is 29.4 Å². The van der Waals surface area contributed by atoms with Crippen LogP contribution < -0.4 is 9.64 Å². The van der Waals surface area contributed by atoms with Gasteiger partial charge in [0.15, 0.2) is 6.61 Å². The van der Waals surface area contributed by atoms with E-state index >= 15 is 0 Å². The van der Waals surface area contributed by atoms with Crippen LogP contribution in [-0.2, 0) is 14.4 Å². The molecule has 2 aliphatic rings. The van der Waals surface area contributed by atoms with Crippen LogP contribution in [0.4, 0.5) is 11.4 Å². The normalized spacial score (nSPS) is 19.3. The Balaban J connectivity index is 1.83. The lowest BCUT2D eigenvalue weighted by molar-refractivity contribution is -0.384. The average molecular weight is 395 g/mol. The number of nitro benzene ring substituents is 1. The summed E-state index contributed by atoms with van der Waals surface area (Å²) >= 11 is 1.57. The number of aliphatic carboxylic acids is 1. The largest absolute Gasteiger partial charge is 0.482 e. The number of thioether (sulfide) groups is 1. The van der Waals surface area contributed by atoms with E-state index in [2.05, 4.69) is 0 Å². The van der Waals surface area contributed by atoms with E-state index < -0.39 is 28.7 Å². The monoisotopic (exact) mass is 395 g/mol. The first-order valence-corrected chi connectivity index (χ1v) is 9.33. The molecule has 0 spiro atoms. The number of hydrogen-bond donors (Lipinski definition) is 1. The molecule has 3 rings (SSSR count). The minimum Gasteiger partial charge on any atom is -0.482 e. The fraction of sp³-hybridized carbons (Fsp3) is 0.438. The number of carboxylic acids is 1. The summed E-state index contributed by atoms with van der Waals surface area (Å²) < 4.78 is 5.28. The molecular weight excluding hydrogens is 378 g/mol. The second kappa shape index (κ2) is 7.82. The van der Waals surface area contributed by atoms with Crippen LogP contribution in [0.25, 0.3) is 0 Å². The summed E-state index contributed by atoms with van der Waals surface area (Å²) in [6.45, 7) is -0.203. The van der Waals surface area contributed by atoms with E-state index in [9.17, 15) is 24.5 Å². The predicted octanol–water partition coefficient (Wildman–Crippen LogP) is 0.739. The van der Waals surface area contributed by atoms with Gasteiger partial charge in [0.25, 0.3) is 11.6 Å². The molecule has 2 aliphatic heterocycles. The van der Waals surface area contributed by atoms with Crippen LogP contribution in [0.1, 0.15) is 6.42 Å². The highest BCUT2D eigenvalue weighted by Crippen LogP contribution is 2.35. The number of nitro groups is 1. The Morgan fingerprint density at radius 3 is 2.89 bits per heavy atom. The SMILES string of the molecule is O=C(O)CC1CSCCN1C(=O)CN1C(=O)COc2ccc([N+](=O)[O-])cc21. The van der Waals surface area contributed by atoms with Gasteiger partial charge in [-0.25, -0.2) is 0 Å². The molecule has 1 atom stereocenters. The third kappa shape index (κ3) is 4.13. The fourth-order valence-electron chi connectivity index (χ4n) is 3.06. The van der Waals surface area contributed by atoms with Crippen LogP contribution in [0.2, 0.25) is 0 Å². The highest BCUT2D eigenvalue weighted by atomic mass is 32.2. The van der Waals surface area contributed by atoms with Crippen molar-refractivity contribution in [1.29, 1.82) is 0 Å². The molecule has 1 fully saturated rings. The molecule has 2 amide bonds. The maximum Gasteiger partial charge on any atom is 0.305 e. The maximum atomic E-state index is 12.8. The zero-order valence-corrected chi connectivity index (χ0v) is 15.0. The molecule has 1 unspecified atom stereocenters. The third-order valence-electron chi connectivity index (χ3n) is 4.35. The highest BCUT2D eigenvalue weighted by Gasteiger charge is 2.34. The number of carbonyl (C=O) groups excluding carboxylic acids is 2. The first-order valence-electron chi connectivity index (χ1n) is 8.17. The van der Waals surface area contributed by atoms with Gasteiger partial charge in [0.1, 0.15) is 12.3 Å². The number of anilines is 1. The van der Waals surface area contributed by atoms with Crippen molar-refractivity contribution in [1.82, 2.24) is 4.90 Å². The van der Waals surface area contributed by atoms with Gasteiger partial charge in [-0.1, -0.05) is 0 Å². The van der Waals surface area contributed by atoms with Crippen molar-refractivity contribution in [3.8, 4) is 5.75 Å². The van der Waals surface area contributed by atoms with Gasteiger partial charge >= 0.3 is 5.97 Å². The highest BCUT2D eigenvalue weighted by molar-refractivity contribution is 7.99. The van der Waals surface area contributed by atoms with E-state index in [-0.39, 0.29) is 36.7 Å². The number of rotatable bonds is 5. The molecule has 144 valence electrons. The number of carbonyl (C=O) groups is 3. The number of fused-ring (bicyclic) bond motifs is 1. The lowest BCUT2D eigenvalue weighted by Gasteiger charge is -2.37. The van der Waals surface area contributed by atoms with Gasteiger partial charge in [-0.05, 0) is 6.07 Å². The Hall–Kier alpha value is -2.82. The summed E-state index contributed by atoms with van der Waals surface area (Å²) in [5.41, 5.74) is -0.0578. The summed E-state index contributed by atoms with van der Waals surface area (Å²) in [5.74, 6) is -0.405. The van der Waals surface area contributed by atoms with Crippen LogP contribution in [0.5, 0.6) is 5.75 Å². The smallest absolute Gasteiger partial charge is 0.305 e. The fourth-order valence-corrected chi connectivity index (χ4v) is 4.12. The first kappa shape index (κ1) is 19.0. The Kier molecular flexibility index (Phi) is 5.49. The molecule has 0 aliphatic carbocycles. The molecule has 1 N–H and O–H groups in total. The molecule has 10 nitrogen and oxygen atoms in total. The zero-order chi connectivity index (χ0) is 19.6. The number of benzene rings is 1. The molecule has 1 aromatic carbocycles. The minimum absolute atomic E-state index is 0.162. The van der Waals surface area contributed by atoms with E-state index in [1.54, 1.807) is 11.8 Å². The van der Waals surface area contributed by atoms with Crippen LogP contribution in [0.15, 0.2) is 18.2 Å². The molecule has 0 bridgehead atoms. The molecule has 2 heterocycles. The number of nitrogens with zero attached hydrogens (tertiary/aromatic N) is 3. The lowest BCUT2D eigenvalue weighted by Crippen LogP contribution is -2.52. The zero-order valence-electron chi connectivity index (χ0n) is 14.2. The average Bonchev–Trinajstić information content (AvgIpc) is 2.63. The van der Waals surface area contributed by atoms with Gasteiger partial charge in [0.2, 0.25) is 5.91 Å². The van der Waals surface area contributed by atoms with Crippen LogP contribution >= 0.6 is 11.8 Å². The van der Waals surface area contributed by atoms with Crippen molar-refractivity contribution in [3.63, 3.8) is 0 Å². The van der Waals surface area contributed by atoms with Gasteiger partial charge in [-0.2, -0.15) is 11.8 Å². The van der Waals surface area contributed by atoms with Crippen molar-refractivity contribution in [2.45, 2.75) is 12.5 Å². The minimum atomic E-state index is -0.997. The Bertz CT molecular complexity index is 800. The van der Waals surface area contributed by atoms with Gasteiger partial charge < -0.3 is 14.7 Å². The molecule has 1 aromatic rings. The van der Waals surface area contributed by atoms with E-state index in [4.69, 9.17) is 9.84 Å². The van der Waals surface area contributed by atoms with Crippen molar-refractivity contribution in [3.05, 3.63) is 28.3 Å². The summed E-state index contributed by atoms with van der Waals surface area (Å²) in [6, 6.07) is 3.40. The molecule has 27 heavy (non-hydrogen) atoms. The quantitative estimate of drug-likeness (QED) is 0.571. The van der Waals surface area contributed by atoms with Gasteiger partial charge in [-0.15, -0.1) is 0 Å². The van der Waals surface area contributed by atoms with Gasteiger partial charge in [0.05, 0.1) is 23.1 Å². The Morgan fingerprint density at radius 1 is 1.41 bits per heavy atom. The lowest BCUT2D eigenvalue weighted by atomic mass is 10.1. The van der Waals surface area contributed by atoms with Crippen molar-refractivity contribution < 1.29 is 29.2 Å². The standard InChI is InChI=1S/C16H17N3O7S/c20-14(17-3-4-27-9-11(17)6-16(22)23)7-18-12-5-10(19(24)25)1-2-13(12)26-8-15(18)21/h1-2,5,11H,3-4,6-9H2,(H,22,23). The second-order valence-corrected chi connectivity index (χ2v) is 7.24. The van der Waals surface area contributed by atoms with Gasteiger partial charge in [0, 0.05) is 30.2 Å². The molecule has 1 saturated heterocycles. The Labute approximate surface area is 158 Å². The number of non-ortho nitro benzene ring substituents is 1. The van der Waals surface area contributed by atoms with E-state index in [0.29, 0.717) is 18.1 Å². The summed E-state index contributed by atoms with van der Waals surface area (Å²) in [6.07, 6.45) is -0.169. The van der Waals surface area contributed by atoms with Crippen molar-refractivity contribution in [2.24, 2.45) is 0 Å². The number of amides is 2. The van der Waals surface area contributed by atoms with Crippen LogP contribution in [0.3, 0.4) is 0 Å².